The summed E-state index contributed by atoms with van der Waals surface area (Å²) in [5.41, 5.74) is 8.15. The number of fused-ring (bicyclic) bond motifs is 1. The van der Waals surface area contributed by atoms with Gasteiger partial charge in [0.15, 0.2) is 5.78 Å². The first kappa shape index (κ1) is 19.1. The molecule has 0 radical (unpaired) electrons. The van der Waals surface area contributed by atoms with Gasteiger partial charge in [0, 0.05) is 28.9 Å². The molecule has 150 valence electrons. The molecule has 2 heterocycles. The standard InChI is InChI=1S/C29H23NO/c1-21-17-18-30-27(23-13-7-3-8-14-23)20-26(22-11-5-2-6-12-22)28(30)19-25(21)29(31)24-15-9-4-10-16-24/h2-17,19-20H,18H2,1H3. The van der Waals surface area contributed by atoms with Gasteiger partial charge in [0.25, 0.3) is 0 Å². The number of Topliss-reactive ketones (excluding diaryl/α,β-unsaturated/α-hetero) is 1. The largest absolute Gasteiger partial charge is 0.337 e. The van der Waals surface area contributed by atoms with E-state index < -0.39 is 0 Å². The lowest BCUT2D eigenvalue weighted by molar-refractivity contribution is 0.103. The Hall–Kier alpha value is -3.91. The van der Waals surface area contributed by atoms with Crippen LogP contribution in [0.5, 0.6) is 0 Å². The van der Waals surface area contributed by atoms with Crippen LogP contribution in [-0.4, -0.2) is 10.4 Å². The first-order chi connectivity index (χ1) is 15.2. The van der Waals surface area contributed by atoms with Crippen LogP contribution in [-0.2, 0) is 6.54 Å². The second-order valence-electron chi connectivity index (χ2n) is 7.81. The van der Waals surface area contributed by atoms with E-state index in [-0.39, 0.29) is 5.78 Å². The van der Waals surface area contributed by atoms with E-state index in [4.69, 9.17) is 0 Å². The summed E-state index contributed by atoms with van der Waals surface area (Å²) in [5, 5.41) is 0. The molecule has 1 aromatic heterocycles. The predicted octanol–water partition coefficient (Wildman–Crippen LogP) is 7.05. The fraction of sp³-hybridized carbons (Fsp3) is 0.0690. The monoisotopic (exact) mass is 401 g/mol. The zero-order chi connectivity index (χ0) is 21.2. The average Bonchev–Trinajstić information content (AvgIpc) is 3.11. The van der Waals surface area contributed by atoms with E-state index in [0.717, 1.165) is 40.2 Å². The number of carbonyl (C=O) groups is 1. The molecule has 2 heteroatoms. The number of carbonyl (C=O) groups excluding carboxylic acids is 1. The van der Waals surface area contributed by atoms with Gasteiger partial charge >= 0.3 is 0 Å². The molecule has 0 fully saturated rings. The van der Waals surface area contributed by atoms with Gasteiger partial charge in [-0.1, -0.05) is 97.1 Å². The van der Waals surface area contributed by atoms with Gasteiger partial charge in [0.05, 0.1) is 5.69 Å². The fourth-order valence-corrected chi connectivity index (χ4v) is 4.19. The topological polar surface area (TPSA) is 22.0 Å². The van der Waals surface area contributed by atoms with Gasteiger partial charge in [-0.2, -0.15) is 0 Å². The molecular weight excluding hydrogens is 378 g/mol. The molecule has 0 saturated carbocycles. The Kier molecular flexibility index (Phi) is 4.97. The summed E-state index contributed by atoms with van der Waals surface area (Å²) in [6.45, 7) is 2.75. The zero-order valence-electron chi connectivity index (χ0n) is 17.5. The highest BCUT2D eigenvalue weighted by Crippen LogP contribution is 2.37. The van der Waals surface area contributed by atoms with Crippen molar-refractivity contribution < 1.29 is 4.79 Å². The Morgan fingerprint density at radius 2 is 1.35 bits per heavy atom. The number of aromatic nitrogens is 1. The lowest BCUT2D eigenvalue weighted by atomic mass is 9.95. The van der Waals surface area contributed by atoms with Crippen molar-refractivity contribution in [2.75, 3.05) is 0 Å². The first-order valence-electron chi connectivity index (χ1n) is 10.6. The van der Waals surface area contributed by atoms with Gasteiger partial charge in [-0.15, -0.1) is 0 Å². The van der Waals surface area contributed by atoms with Crippen molar-refractivity contribution in [2.45, 2.75) is 13.5 Å². The quantitative estimate of drug-likeness (QED) is 0.336. The molecule has 1 aliphatic rings. The molecule has 0 N–H and O–H groups in total. The Balaban J connectivity index is 1.73. The predicted molar refractivity (Wildman–Crippen MR) is 128 cm³/mol. The number of allylic oxidation sites excluding steroid dienone is 3. The third kappa shape index (κ3) is 3.57. The molecule has 0 unspecified atom stereocenters. The van der Waals surface area contributed by atoms with Gasteiger partial charge in [0.1, 0.15) is 0 Å². The number of nitrogens with zero attached hydrogens (tertiary/aromatic N) is 1. The molecular formula is C29H23NO. The van der Waals surface area contributed by atoms with Crippen LogP contribution < -0.4 is 0 Å². The molecule has 5 rings (SSSR count). The van der Waals surface area contributed by atoms with E-state index in [1.54, 1.807) is 0 Å². The molecule has 4 aromatic rings. The molecule has 0 aliphatic carbocycles. The Morgan fingerprint density at radius 3 is 2.00 bits per heavy atom. The van der Waals surface area contributed by atoms with Crippen molar-refractivity contribution in [3.8, 4) is 22.4 Å². The lowest BCUT2D eigenvalue weighted by Gasteiger charge is -2.10. The smallest absolute Gasteiger partial charge is 0.193 e. The van der Waals surface area contributed by atoms with Gasteiger partial charge < -0.3 is 4.57 Å². The summed E-state index contributed by atoms with van der Waals surface area (Å²) in [6, 6.07) is 32.6. The number of rotatable bonds is 4. The molecule has 31 heavy (non-hydrogen) atoms. The zero-order valence-corrected chi connectivity index (χ0v) is 17.5. The third-order valence-electron chi connectivity index (χ3n) is 5.86. The minimum atomic E-state index is 0.0595. The fourth-order valence-electron chi connectivity index (χ4n) is 4.19. The van der Waals surface area contributed by atoms with Crippen molar-refractivity contribution in [2.24, 2.45) is 0 Å². The van der Waals surface area contributed by atoms with Crippen molar-refractivity contribution in [1.82, 2.24) is 4.57 Å². The number of hydrogen-bond acceptors (Lipinski definition) is 1. The molecule has 0 bridgehead atoms. The van der Waals surface area contributed by atoms with Gasteiger partial charge in [-0.25, -0.2) is 0 Å². The maximum Gasteiger partial charge on any atom is 0.193 e. The molecule has 2 nitrogen and oxygen atoms in total. The first-order valence-corrected chi connectivity index (χ1v) is 10.6. The number of ketones is 1. The maximum atomic E-state index is 13.4. The average molecular weight is 402 g/mol. The SMILES string of the molecule is CC1=CCn2c(-c3ccccc3)cc(-c3ccccc3)c2C=C1C(=O)c1ccccc1. The van der Waals surface area contributed by atoms with E-state index in [9.17, 15) is 4.79 Å². The molecule has 1 aliphatic heterocycles. The van der Waals surface area contributed by atoms with Crippen LogP contribution in [0.25, 0.3) is 28.5 Å². The summed E-state index contributed by atoms with van der Waals surface area (Å²) in [4.78, 5) is 13.4. The van der Waals surface area contributed by atoms with Crippen molar-refractivity contribution >= 4 is 11.9 Å². The summed E-state index contributed by atoms with van der Waals surface area (Å²) in [7, 11) is 0. The second-order valence-corrected chi connectivity index (χ2v) is 7.81. The Bertz CT molecular complexity index is 1290. The molecule has 3 aromatic carbocycles. The van der Waals surface area contributed by atoms with E-state index in [1.165, 1.54) is 5.56 Å². The van der Waals surface area contributed by atoms with E-state index in [0.29, 0.717) is 5.56 Å². The van der Waals surface area contributed by atoms with E-state index >= 15 is 0 Å². The highest BCUT2D eigenvalue weighted by molar-refractivity contribution is 6.14. The Labute approximate surface area is 182 Å². The van der Waals surface area contributed by atoms with Crippen LogP contribution in [0, 0.1) is 0 Å². The third-order valence-corrected chi connectivity index (χ3v) is 5.86. The number of benzene rings is 3. The van der Waals surface area contributed by atoms with Crippen LogP contribution in [0.4, 0.5) is 0 Å². The van der Waals surface area contributed by atoms with Gasteiger partial charge in [-0.05, 0) is 35.8 Å². The summed E-state index contributed by atoms with van der Waals surface area (Å²) < 4.78 is 2.31. The minimum Gasteiger partial charge on any atom is -0.337 e. The van der Waals surface area contributed by atoms with Crippen molar-refractivity contribution in [3.05, 3.63) is 126 Å². The molecule has 0 saturated heterocycles. The van der Waals surface area contributed by atoms with Crippen LogP contribution in [0.2, 0.25) is 0 Å². The highest BCUT2D eigenvalue weighted by Gasteiger charge is 2.22. The lowest BCUT2D eigenvalue weighted by Crippen LogP contribution is -2.04. The van der Waals surface area contributed by atoms with Crippen LogP contribution >= 0.6 is 0 Å². The van der Waals surface area contributed by atoms with Crippen molar-refractivity contribution in [1.29, 1.82) is 0 Å². The Morgan fingerprint density at radius 1 is 0.774 bits per heavy atom. The van der Waals surface area contributed by atoms with Gasteiger partial charge in [-0.3, -0.25) is 4.79 Å². The summed E-state index contributed by atoms with van der Waals surface area (Å²) in [5.74, 6) is 0.0595. The minimum absolute atomic E-state index is 0.0595. The van der Waals surface area contributed by atoms with Crippen LogP contribution in [0.1, 0.15) is 23.0 Å². The molecule has 0 amide bonds. The second kappa shape index (κ2) is 8.08. The van der Waals surface area contributed by atoms with Crippen LogP contribution in [0.15, 0.2) is 114 Å². The van der Waals surface area contributed by atoms with E-state index in [2.05, 4.69) is 71.3 Å². The highest BCUT2D eigenvalue weighted by atomic mass is 16.1. The van der Waals surface area contributed by atoms with Crippen LogP contribution in [0.3, 0.4) is 0 Å². The van der Waals surface area contributed by atoms with Crippen molar-refractivity contribution in [3.63, 3.8) is 0 Å². The summed E-state index contributed by atoms with van der Waals surface area (Å²) >= 11 is 0. The normalized spacial score (nSPS) is 13.1. The van der Waals surface area contributed by atoms with Gasteiger partial charge in [0.2, 0.25) is 0 Å². The molecule has 0 spiro atoms. The summed E-state index contributed by atoms with van der Waals surface area (Å²) in [6.07, 6.45) is 4.23. The van der Waals surface area contributed by atoms with E-state index in [1.807, 2.05) is 49.4 Å². The maximum absolute atomic E-state index is 13.4. The number of hydrogen-bond donors (Lipinski definition) is 0. The molecule has 0 atom stereocenters.